The number of nitrogens with zero attached hydrogens (tertiary/aromatic N) is 5. The maximum absolute atomic E-state index is 12.8. The highest BCUT2D eigenvalue weighted by molar-refractivity contribution is 7.86. The number of hydrogen-bond acceptors (Lipinski definition) is 5. The SMILES string of the molecule is Cc1nc([C@H]2CCCN2S(=O)(=O)N(C)C)nc2c1CCC(=O)N2Cc1ccccc1. The normalized spacial score (nSPS) is 20.1. The van der Waals surface area contributed by atoms with Gasteiger partial charge in [-0.15, -0.1) is 0 Å². The molecule has 1 amide bonds. The van der Waals surface area contributed by atoms with E-state index in [1.807, 2.05) is 37.3 Å². The van der Waals surface area contributed by atoms with E-state index in [1.165, 1.54) is 22.7 Å². The molecule has 1 aromatic carbocycles. The standard InChI is InChI=1S/C21H27N5O3S/c1-15-17-11-12-19(27)25(14-16-8-5-4-6-9-16)21(17)23-20(22-15)18-10-7-13-26(18)30(28,29)24(2)3/h4-6,8-9,18H,7,10-14H2,1-3H3/t18-/m1/s1. The Morgan fingerprint density at radius 1 is 1.13 bits per heavy atom. The van der Waals surface area contributed by atoms with Crippen molar-refractivity contribution in [1.82, 2.24) is 18.6 Å². The molecule has 9 heteroatoms. The van der Waals surface area contributed by atoms with Crippen molar-refractivity contribution in [2.75, 3.05) is 25.5 Å². The van der Waals surface area contributed by atoms with Crippen molar-refractivity contribution in [3.8, 4) is 0 Å². The predicted molar refractivity (Wildman–Crippen MR) is 114 cm³/mol. The van der Waals surface area contributed by atoms with E-state index in [-0.39, 0.29) is 5.91 Å². The van der Waals surface area contributed by atoms with Gasteiger partial charge in [0.2, 0.25) is 5.91 Å². The highest BCUT2D eigenvalue weighted by Gasteiger charge is 2.39. The van der Waals surface area contributed by atoms with Crippen LogP contribution in [0.1, 0.15) is 47.9 Å². The van der Waals surface area contributed by atoms with Gasteiger partial charge in [-0.3, -0.25) is 9.69 Å². The molecule has 8 nitrogen and oxygen atoms in total. The highest BCUT2D eigenvalue weighted by Crippen LogP contribution is 2.36. The number of fused-ring (bicyclic) bond motifs is 1. The van der Waals surface area contributed by atoms with Gasteiger partial charge in [-0.25, -0.2) is 9.97 Å². The van der Waals surface area contributed by atoms with E-state index in [1.54, 1.807) is 4.90 Å². The molecule has 0 N–H and O–H groups in total. The van der Waals surface area contributed by atoms with Gasteiger partial charge in [0, 0.05) is 38.3 Å². The van der Waals surface area contributed by atoms with Gasteiger partial charge in [0.05, 0.1) is 12.6 Å². The third kappa shape index (κ3) is 3.73. The molecule has 3 heterocycles. The number of aryl methyl sites for hydroxylation is 1. The lowest BCUT2D eigenvalue weighted by Gasteiger charge is -2.31. The molecule has 4 rings (SSSR count). The van der Waals surface area contributed by atoms with Crippen molar-refractivity contribution in [2.45, 2.75) is 45.2 Å². The first-order valence-electron chi connectivity index (χ1n) is 10.2. The van der Waals surface area contributed by atoms with Crippen LogP contribution in [0.4, 0.5) is 5.82 Å². The van der Waals surface area contributed by atoms with Gasteiger partial charge in [0.15, 0.2) is 0 Å². The van der Waals surface area contributed by atoms with Crippen LogP contribution in [0.2, 0.25) is 0 Å². The fourth-order valence-corrected chi connectivity index (χ4v) is 5.47. The van der Waals surface area contributed by atoms with E-state index in [0.29, 0.717) is 44.0 Å². The van der Waals surface area contributed by atoms with E-state index in [9.17, 15) is 13.2 Å². The molecule has 30 heavy (non-hydrogen) atoms. The van der Waals surface area contributed by atoms with Crippen LogP contribution >= 0.6 is 0 Å². The third-order valence-corrected chi connectivity index (χ3v) is 7.75. The van der Waals surface area contributed by atoms with Gasteiger partial charge < -0.3 is 0 Å². The molecule has 1 fully saturated rings. The summed E-state index contributed by atoms with van der Waals surface area (Å²) in [6, 6.07) is 9.39. The molecule has 0 saturated carbocycles. The number of aromatic nitrogens is 2. The minimum atomic E-state index is -3.57. The van der Waals surface area contributed by atoms with Gasteiger partial charge in [-0.2, -0.15) is 17.0 Å². The Morgan fingerprint density at radius 3 is 2.57 bits per heavy atom. The van der Waals surface area contributed by atoms with E-state index in [0.717, 1.165) is 23.2 Å². The second-order valence-electron chi connectivity index (χ2n) is 7.99. The lowest BCUT2D eigenvalue weighted by Crippen LogP contribution is -2.40. The molecule has 0 bridgehead atoms. The molecular formula is C21H27N5O3S. The van der Waals surface area contributed by atoms with Crippen LogP contribution in [0.25, 0.3) is 0 Å². The number of amides is 1. The maximum Gasteiger partial charge on any atom is 0.282 e. The predicted octanol–water partition coefficient (Wildman–Crippen LogP) is 2.21. The summed E-state index contributed by atoms with van der Waals surface area (Å²) in [5, 5.41) is 0. The van der Waals surface area contributed by atoms with E-state index in [2.05, 4.69) is 4.98 Å². The molecule has 0 spiro atoms. The Balaban J connectivity index is 1.74. The second-order valence-corrected chi connectivity index (χ2v) is 10.1. The number of carbonyl (C=O) groups excluding carboxylic acids is 1. The summed E-state index contributed by atoms with van der Waals surface area (Å²) < 4.78 is 28.3. The van der Waals surface area contributed by atoms with Crippen LogP contribution in [0, 0.1) is 6.92 Å². The molecular weight excluding hydrogens is 402 g/mol. The average Bonchev–Trinajstić information content (AvgIpc) is 3.21. The second kappa shape index (κ2) is 8.05. The number of benzene rings is 1. The zero-order valence-electron chi connectivity index (χ0n) is 17.6. The van der Waals surface area contributed by atoms with E-state index >= 15 is 0 Å². The zero-order valence-corrected chi connectivity index (χ0v) is 18.4. The van der Waals surface area contributed by atoms with Crippen molar-refractivity contribution < 1.29 is 13.2 Å². The molecule has 2 aliphatic heterocycles. The number of carbonyl (C=O) groups is 1. The minimum Gasteiger partial charge on any atom is -0.292 e. The molecule has 0 radical (unpaired) electrons. The summed E-state index contributed by atoms with van der Waals surface area (Å²) in [5.74, 6) is 1.12. The van der Waals surface area contributed by atoms with E-state index in [4.69, 9.17) is 4.98 Å². The Labute approximate surface area is 177 Å². The van der Waals surface area contributed by atoms with E-state index < -0.39 is 16.3 Å². The lowest BCUT2D eigenvalue weighted by molar-refractivity contribution is -0.119. The fourth-order valence-electron chi connectivity index (χ4n) is 4.17. The third-order valence-electron chi connectivity index (χ3n) is 5.80. The molecule has 1 atom stereocenters. The van der Waals surface area contributed by atoms with Crippen LogP contribution in [-0.4, -0.2) is 53.5 Å². The smallest absolute Gasteiger partial charge is 0.282 e. The van der Waals surface area contributed by atoms with Crippen molar-refractivity contribution in [1.29, 1.82) is 0 Å². The lowest BCUT2D eigenvalue weighted by atomic mass is 10.0. The van der Waals surface area contributed by atoms with Gasteiger partial charge in [0.1, 0.15) is 11.6 Å². The average molecular weight is 430 g/mol. The van der Waals surface area contributed by atoms with Gasteiger partial charge in [0.25, 0.3) is 10.2 Å². The van der Waals surface area contributed by atoms with Crippen molar-refractivity contribution >= 4 is 21.9 Å². The molecule has 2 aromatic rings. The van der Waals surface area contributed by atoms with Crippen LogP contribution in [-0.2, 0) is 28.0 Å². The van der Waals surface area contributed by atoms with Crippen molar-refractivity contribution in [3.63, 3.8) is 0 Å². The van der Waals surface area contributed by atoms with Crippen LogP contribution in [0.5, 0.6) is 0 Å². The van der Waals surface area contributed by atoms with Crippen molar-refractivity contribution in [2.24, 2.45) is 0 Å². The minimum absolute atomic E-state index is 0.0274. The fraction of sp³-hybridized carbons (Fsp3) is 0.476. The van der Waals surface area contributed by atoms with Gasteiger partial charge >= 0.3 is 0 Å². The maximum atomic E-state index is 12.8. The van der Waals surface area contributed by atoms with Gasteiger partial charge in [-0.1, -0.05) is 30.3 Å². The summed E-state index contributed by atoms with van der Waals surface area (Å²) in [7, 11) is -0.511. The molecule has 2 aliphatic rings. The molecule has 160 valence electrons. The molecule has 0 unspecified atom stereocenters. The Morgan fingerprint density at radius 2 is 1.87 bits per heavy atom. The Kier molecular flexibility index (Phi) is 5.61. The van der Waals surface area contributed by atoms with Crippen molar-refractivity contribution in [3.05, 3.63) is 53.0 Å². The number of hydrogen-bond donors (Lipinski definition) is 0. The summed E-state index contributed by atoms with van der Waals surface area (Å²) in [5.41, 5.74) is 2.80. The monoisotopic (exact) mass is 429 g/mol. The van der Waals surface area contributed by atoms with Gasteiger partial charge in [-0.05, 0) is 31.7 Å². The topological polar surface area (TPSA) is 86.7 Å². The largest absolute Gasteiger partial charge is 0.292 e. The Hall–Kier alpha value is -2.36. The number of rotatable bonds is 5. The first-order chi connectivity index (χ1) is 14.3. The number of anilines is 1. The summed E-state index contributed by atoms with van der Waals surface area (Å²) in [4.78, 5) is 23.9. The quantitative estimate of drug-likeness (QED) is 0.727. The highest BCUT2D eigenvalue weighted by atomic mass is 32.2. The molecule has 1 aromatic heterocycles. The first-order valence-corrected chi connectivity index (χ1v) is 11.6. The van der Waals surface area contributed by atoms with Crippen LogP contribution in [0.3, 0.4) is 0 Å². The Bertz CT molecular complexity index is 1060. The van der Waals surface area contributed by atoms with Crippen LogP contribution < -0.4 is 4.90 Å². The summed E-state index contributed by atoms with van der Waals surface area (Å²) in [6.07, 6.45) is 2.45. The first kappa shape index (κ1) is 20.9. The summed E-state index contributed by atoms with van der Waals surface area (Å²) in [6.45, 7) is 2.80. The summed E-state index contributed by atoms with van der Waals surface area (Å²) >= 11 is 0. The molecule has 0 aliphatic carbocycles. The van der Waals surface area contributed by atoms with Crippen LogP contribution in [0.15, 0.2) is 30.3 Å². The zero-order chi connectivity index (χ0) is 21.5. The molecule has 1 saturated heterocycles.